The minimum Gasteiger partial charge on any atom is -0.336 e. The highest BCUT2D eigenvalue weighted by atomic mass is 19.1. The fraction of sp³-hybridized carbons (Fsp3) is 0.667. The van der Waals surface area contributed by atoms with Gasteiger partial charge in [-0.2, -0.15) is 0 Å². The van der Waals surface area contributed by atoms with E-state index >= 15 is 0 Å². The van der Waals surface area contributed by atoms with Crippen LogP contribution >= 0.6 is 0 Å². The minimum absolute atomic E-state index is 0.0564. The Kier molecular flexibility index (Phi) is 8.05. The molecule has 1 aliphatic rings. The molecule has 1 N–H and O–H groups in total. The van der Waals surface area contributed by atoms with Crippen molar-refractivity contribution in [3.05, 3.63) is 35.6 Å². The zero-order valence-corrected chi connectivity index (χ0v) is 17.3. The highest BCUT2D eigenvalue weighted by Gasteiger charge is 2.29. The van der Waals surface area contributed by atoms with Crippen LogP contribution in [0.5, 0.6) is 0 Å². The van der Waals surface area contributed by atoms with Crippen molar-refractivity contribution in [2.45, 2.75) is 45.2 Å². The summed E-state index contributed by atoms with van der Waals surface area (Å²) in [7, 11) is 3.99. The topological polar surface area (TPSA) is 38.8 Å². The van der Waals surface area contributed by atoms with Gasteiger partial charge in [0.2, 0.25) is 0 Å². The van der Waals surface area contributed by atoms with Crippen molar-refractivity contribution in [1.82, 2.24) is 20.0 Å². The predicted octanol–water partition coefficient (Wildman–Crippen LogP) is 3.16. The maximum Gasteiger partial charge on any atom is 0.317 e. The number of likely N-dealkylation sites (N-methyl/N-ethyl adjacent to an activating group) is 1. The lowest BCUT2D eigenvalue weighted by atomic mass is 9.98. The normalized spacial score (nSPS) is 15.8. The number of urea groups is 1. The number of nitrogens with one attached hydrogen (secondary N) is 1. The van der Waals surface area contributed by atoms with Crippen LogP contribution in [0.2, 0.25) is 0 Å². The van der Waals surface area contributed by atoms with Crippen LogP contribution in [-0.2, 0) is 6.54 Å². The fourth-order valence-electron chi connectivity index (χ4n) is 3.40. The molecule has 1 aromatic carbocycles. The van der Waals surface area contributed by atoms with Crippen LogP contribution < -0.4 is 5.32 Å². The van der Waals surface area contributed by atoms with Crippen LogP contribution in [0.15, 0.2) is 24.3 Å². The molecule has 0 spiro atoms. The van der Waals surface area contributed by atoms with E-state index in [-0.39, 0.29) is 17.4 Å². The van der Waals surface area contributed by atoms with E-state index < -0.39 is 0 Å². The molecule has 0 atom stereocenters. The third-order valence-electron chi connectivity index (χ3n) is 5.28. The number of halogens is 1. The molecule has 1 aliphatic heterocycles. The van der Waals surface area contributed by atoms with E-state index in [4.69, 9.17) is 0 Å². The molecule has 0 bridgehead atoms. The van der Waals surface area contributed by atoms with Crippen molar-refractivity contribution in [3.63, 3.8) is 0 Å². The van der Waals surface area contributed by atoms with Gasteiger partial charge in [-0.1, -0.05) is 18.6 Å². The molecular weight excluding hydrogens is 343 g/mol. The van der Waals surface area contributed by atoms with Gasteiger partial charge >= 0.3 is 6.03 Å². The largest absolute Gasteiger partial charge is 0.336 e. The van der Waals surface area contributed by atoms with Crippen molar-refractivity contribution in [1.29, 1.82) is 0 Å². The maximum absolute atomic E-state index is 13.2. The maximum atomic E-state index is 13.2. The first kappa shape index (κ1) is 21.6. The zero-order valence-electron chi connectivity index (χ0n) is 17.3. The summed E-state index contributed by atoms with van der Waals surface area (Å²) in [5, 5.41) is 3.13. The summed E-state index contributed by atoms with van der Waals surface area (Å²) in [6, 6.07) is 6.30. The van der Waals surface area contributed by atoms with Gasteiger partial charge < -0.3 is 15.1 Å². The van der Waals surface area contributed by atoms with E-state index in [1.807, 2.05) is 14.1 Å². The summed E-state index contributed by atoms with van der Waals surface area (Å²) in [5.74, 6) is -0.258. The fourth-order valence-corrected chi connectivity index (χ4v) is 3.40. The molecule has 1 fully saturated rings. The number of hydrogen-bond donors (Lipinski definition) is 1. The third kappa shape index (κ3) is 7.11. The highest BCUT2D eigenvalue weighted by molar-refractivity contribution is 5.74. The quantitative estimate of drug-likeness (QED) is 0.755. The number of hydrogen-bond acceptors (Lipinski definition) is 3. The summed E-state index contributed by atoms with van der Waals surface area (Å²) >= 11 is 0. The molecule has 2 rings (SSSR count). The van der Waals surface area contributed by atoms with E-state index in [0.717, 1.165) is 25.2 Å². The number of rotatable bonds is 8. The van der Waals surface area contributed by atoms with Crippen LogP contribution in [0.4, 0.5) is 9.18 Å². The van der Waals surface area contributed by atoms with Gasteiger partial charge in [-0.15, -0.1) is 0 Å². The van der Waals surface area contributed by atoms with Gasteiger partial charge in [0.25, 0.3) is 0 Å². The lowest BCUT2D eigenvalue weighted by molar-refractivity contribution is 0.0935. The zero-order chi connectivity index (χ0) is 19.9. The molecule has 152 valence electrons. The molecule has 0 radical (unpaired) electrons. The average Bonchev–Trinajstić information content (AvgIpc) is 2.65. The van der Waals surface area contributed by atoms with E-state index in [2.05, 4.69) is 29.0 Å². The van der Waals surface area contributed by atoms with Crippen molar-refractivity contribution in [2.75, 3.05) is 46.8 Å². The molecule has 0 aliphatic carbocycles. The second-order valence-corrected chi connectivity index (χ2v) is 8.37. The number of benzene rings is 1. The molecule has 1 aromatic rings. The smallest absolute Gasteiger partial charge is 0.317 e. The first-order valence-corrected chi connectivity index (χ1v) is 9.95. The molecule has 0 saturated carbocycles. The minimum atomic E-state index is -0.258. The Bertz CT molecular complexity index is 582. The number of carbonyl (C=O) groups excluding carboxylic acids is 1. The Labute approximate surface area is 163 Å². The lowest BCUT2D eigenvalue weighted by Gasteiger charge is -2.41. The Hall–Kier alpha value is -1.66. The second kappa shape index (κ2) is 10.0. The Morgan fingerprint density at radius 1 is 1.11 bits per heavy atom. The first-order valence-electron chi connectivity index (χ1n) is 9.95. The third-order valence-corrected chi connectivity index (χ3v) is 5.28. The van der Waals surface area contributed by atoms with Crippen molar-refractivity contribution >= 4 is 6.03 Å². The number of carbonyl (C=O) groups is 1. The molecule has 5 nitrogen and oxygen atoms in total. The van der Waals surface area contributed by atoms with Crippen LogP contribution in [0.1, 0.15) is 38.7 Å². The first-order chi connectivity index (χ1) is 12.8. The predicted molar refractivity (Wildman–Crippen MR) is 108 cm³/mol. The van der Waals surface area contributed by atoms with Gasteiger partial charge in [-0.25, -0.2) is 9.18 Å². The monoisotopic (exact) mass is 378 g/mol. The summed E-state index contributed by atoms with van der Waals surface area (Å²) in [5.41, 5.74) is 0.875. The standard InChI is InChI=1S/C21H35FN4O/c1-21(2,26-12-6-5-7-13-26)17-23-20(27)25(15-14-24(3)4)16-18-8-10-19(22)11-9-18/h8-11H,5-7,12-17H2,1-4H3,(H,23,27). The molecular formula is C21H35FN4O. The van der Waals surface area contributed by atoms with Gasteiger partial charge in [-0.05, 0) is 71.6 Å². The Balaban J connectivity index is 1.96. The molecule has 27 heavy (non-hydrogen) atoms. The molecule has 1 heterocycles. The molecule has 0 unspecified atom stereocenters. The Morgan fingerprint density at radius 3 is 2.33 bits per heavy atom. The van der Waals surface area contributed by atoms with Crippen LogP contribution in [0, 0.1) is 5.82 Å². The molecule has 6 heteroatoms. The number of nitrogens with zero attached hydrogens (tertiary/aromatic N) is 3. The number of likely N-dealkylation sites (tertiary alicyclic amines) is 1. The second-order valence-electron chi connectivity index (χ2n) is 8.37. The van der Waals surface area contributed by atoms with Crippen molar-refractivity contribution in [3.8, 4) is 0 Å². The average molecular weight is 379 g/mol. The van der Waals surface area contributed by atoms with Gasteiger partial charge in [0, 0.05) is 31.7 Å². The molecule has 1 saturated heterocycles. The number of piperidine rings is 1. The summed E-state index contributed by atoms with van der Waals surface area (Å²) in [6.07, 6.45) is 3.77. The summed E-state index contributed by atoms with van der Waals surface area (Å²) in [4.78, 5) is 19.2. The van der Waals surface area contributed by atoms with E-state index in [9.17, 15) is 9.18 Å². The summed E-state index contributed by atoms with van der Waals surface area (Å²) in [6.45, 7) is 9.10. The van der Waals surface area contributed by atoms with E-state index in [1.54, 1.807) is 17.0 Å². The SMILES string of the molecule is CN(C)CCN(Cc1ccc(F)cc1)C(=O)NCC(C)(C)N1CCCCC1. The van der Waals surface area contributed by atoms with Crippen molar-refractivity contribution < 1.29 is 9.18 Å². The molecule has 2 amide bonds. The highest BCUT2D eigenvalue weighted by Crippen LogP contribution is 2.20. The Morgan fingerprint density at radius 2 is 1.74 bits per heavy atom. The van der Waals surface area contributed by atoms with E-state index in [1.165, 1.54) is 31.4 Å². The van der Waals surface area contributed by atoms with Gasteiger partial charge in [-0.3, -0.25) is 4.90 Å². The lowest BCUT2D eigenvalue weighted by Crippen LogP contribution is -2.55. The van der Waals surface area contributed by atoms with Crippen LogP contribution in [0.25, 0.3) is 0 Å². The van der Waals surface area contributed by atoms with Gasteiger partial charge in [0.05, 0.1) is 0 Å². The molecule has 0 aromatic heterocycles. The van der Waals surface area contributed by atoms with Crippen molar-refractivity contribution in [2.24, 2.45) is 0 Å². The number of amides is 2. The van der Waals surface area contributed by atoms with E-state index in [0.29, 0.717) is 19.6 Å². The summed E-state index contributed by atoms with van der Waals surface area (Å²) < 4.78 is 13.2. The van der Waals surface area contributed by atoms with Crippen LogP contribution in [-0.4, -0.2) is 73.1 Å². The van der Waals surface area contributed by atoms with Gasteiger partial charge in [0.1, 0.15) is 5.82 Å². The van der Waals surface area contributed by atoms with Gasteiger partial charge in [0.15, 0.2) is 0 Å². The van der Waals surface area contributed by atoms with Crippen LogP contribution in [0.3, 0.4) is 0 Å².